The molecule has 0 aliphatic carbocycles. The van der Waals surface area contributed by atoms with Gasteiger partial charge in [0.2, 0.25) is 11.8 Å². The number of morpholine rings is 1. The number of piperazine rings is 1. The van der Waals surface area contributed by atoms with Crippen molar-refractivity contribution in [3.8, 4) is 0 Å². The SMILES string of the molecule is O=C1CN(c2ccccc2C2CNCCO2)C(=O)CN1. The lowest BCUT2D eigenvalue weighted by Crippen LogP contribution is -2.52. The van der Waals surface area contributed by atoms with Crippen LogP contribution in [0.4, 0.5) is 5.69 Å². The van der Waals surface area contributed by atoms with Crippen LogP contribution >= 0.6 is 0 Å². The molecular weight excluding hydrogens is 258 g/mol. The van der Waals surface area contributed by atoms with E-state index in [2.05, 4.69) is 10.6 Å². The molecule has 0 saturated carbocycles. The maximum Gasteiger partial charge on any atom is 0.246 e. The van der Waals surface area contributed by atoms with E-state index in [-0.39, 0.29) is 31.0 Å². The molecule has 1 aromatic rings. The van der Waals surface area contributed by atoms with Crippen molar-refractivity contribution in [1.82, 2.24) is 10.6 Å². The molecule has 0 spiro atoms. The van der Waals surface area contributed by atoms with E-state index in [1.54, 1.807) is 0 Å². The van der Waals surface area contributed by atoms with Crippen molar-refractivity contribution < 1.29 is 14.3 Å². The molecule has 2 aliphatic heterocycles. The van der Waals surface area contributed by atoms with E-state index >= 15 is 0 Å². The summed E-state index contributed by atoms with van der Waals surface area (Å²) in [5.41, 5.74) is 1.71. The van der Waals surface area contributed by atoms with E-state index in [0.29, 0.717) is 13.2 Å². The summed E-state index contributed by atoms with van der Waals surface area (Å²) in [6.45, 7) is 2.31. The number of nitrogens with zero attached hydrogens (tertiary/aromatic N) is 1. The highest BCUT2D eigenvalue weighted by Gasteiger charge is 2.28. The molecule has 6 heteroatoms. The molecule has 6 nitrogen and oxygen atoms in total. The number of amides is 2. The van der Waals surface area contributed by atoms with Crippen LogP contribution in [0.2, 0.25) is 0 Å². The highest BCUT2D eigenvalue weighted by Crippen LogP contribution is 2.29. The number of hydrogen-bond donors (Lipinski definition) is 2. The highest BCUT2D eigenvalue weighted by molar-refractivity contribution is 6.04. The lowest BCUT2D eigenvalue weighted by Gasteiger charge is -2.32. The quantitative estimate of drug-likeness (QED) is 0.785. The zero-order chi connectivity index (χ0) is 13.9. The van der Waals surface area contributed by atoms with E-state index in [0.717, 1.165) is 17.8 Å². The van der Waals surface area contributed by atoms with Gasteiger partial charge in [-0.05, 0) is 6.07 Å². The maximum absolute atomic E-state index is 12.0. The molecular formula is C14H17N3O3. The van der Waals surface area contributed by atoms with Crippen LogP contribution in [0.25, 0.3) is 0 Å². The molecule has 2 N–H and O–H groups in total. The van der Waals surface area contributed by atoms with Crippen molar-refractivity contribution in [2.75, 3.05) is 37.7 Å². The Labute approximate surface area is 117 Å². The zero-order valence-corrected chi connectivity index (χ0v) is 11.1. The molecule has 1 atom stereocenters. The van der Waals surface area contributed by atoms with Crippen LogP contribution in [0, 0.1) is 0 Å². The predicted molar refractivity (Wildman–Crippen MR) is 73.4 cm³/mol. The average molecular weight is 275 g/mol. The van der Waals surface area contributed by atoms with E-state index < -0.39 is 0 Å². The number of nitrogens with one attached hydrogen (secondary N) is 2. The molecule has 2 aliphatic rings. The highest BCUT2D eigenvalue weighted by atomic mass is 16.5. The summed E-state index contributed by atoms with van der Waals surface area (Å²) in [6.07, 6.45) is -0.0854. The number of ether oxygens (including phenoxy) is 1. The Bertz CT molecular complexity index is 526. The molecule has 3 rings (SSSR count). The monoisotopic (exact) mass is 275 g/mol. The molecule has 0 bridgehead atoms. The van der Waals surface area contributed by atoms with Crippen molar-refractivity contribution in [1.29, 1.82) is 0 Å². The third kappa shape index (κ3) is 2.52. The van der Waals surface area contributed by atoms with Crippen LogP contribution in [0.15, 0.2) is 24.3 Å². The molecule has 20 heavy (non-hydrogen) atoms. The smallest absolute Gasteiger partial charge is 0.246 e. The largest absolute Gasteiger partial charge is 0.371 e. The molecule has 2 fully saturated rings. The van der Waals surface area contributed by atoms with Crippen LogP contribution in [-0.4, -0.2) is 44.6 Å². The fourth-order valence-electron chi connectivity index (χ4n) is 2.55. The molecule has 0 radical (unpaired) electrons. The molecule has 1 unspecified atom stereocenters. The number of rotatable bonds is 2. The van der Waals surface area contributed by atoms with Gasteiger partial charge < -0.3 is 20.3 Å². The van der Waals surface area contributed by atoms with Gasteiger partial charge in [0, 0.05) is 18.7 Å². The Hall–Kier alpha value is -1.92. The average Bonchev–Trinajstić information content (AvgIpc) is 2.51. The Kier molecular flexibility index (Phi) is 3.66. The summed E-state index contributed by atoms with van der Waals surface area (Å²) in [6, 6.07) is 7.61. The number of hydrogen-bond acceptors (Lipinski definition) is 4. The van der Waals surface area contributed by atoms with Gasteiger partial charge in [0.05, 0.1) is 24.9 Å². The minimum Gasteiger partial charge on any atom is -0.371 e. The second-order valence-corrected chi connectivity index (χ2v) is 4.88. The minimum absolute atomic E-state index is 0.0525. The molecule has 2 saturated heterocycles. The van der Waals surface area contributed by atoms with Gasteiger partial charge in [-0.2, -0.15) is 0 Å². The van der Waals surface area contributed by atoms with Gasteiger partial charge in [0.25, 0.3) is 0 Å². The van der Waals surface area contributed by atoms with Crippen molar-refractivity contribution in [3.05, 3.63) is 29.8 Å². The number of para-hydroxylation sites is 1. The lowest BCUT2D eigenvalue weighted by atomic mass is 10.0. The van der Waals surface area contributed by atoms with Gasteiger partial charge in [-0.3, -0.25) is 9.59 Å². The molecule has 106 valence electrons. The van der Waals surface area contributed by atoms with E-state index in [1.165, 1.54) is 4.90 Å². The lowest BCUT2D eigenvalue weighted by molar-refractivity contribution is -0.128. The Morgan fingerprint density at radius 1 is 1.25 bits per heavy atom. The van der Waals surface area contributed by atoms with Crippen molar-refractivity contribution >= 4 is 17.5 Å². The summed E-state index contributed by atoms with van der Waals surface area (Å²) in [5, 5.41) is 5.83. The fraction of sp³-hybridized carbons (Fsp3) is 0.429. The van der Waals surface area contributed by atoms with E-state index in [9.17, 15) is 9.59 Å². The minimum atomic E-state index is -0.137. The second-order valence-electron chi connectivity index (χ2n) is 4.88. The van der Waals surface area contributed by atoms with Crippen LogP contribution in [-0.2, 0) is 14.3 Å². The standard InChI is InChI=1S/C14H17N3O3/c18-13-9-17(14(19)8-16-13)11-4-2-1-3-10(11)12-7-15-5-6-20-12/h1-4,12,15H,5-9H2,(H,16,18). The van der Waals surface area contributed by atoms with Crippen molar-refractivity contribution in [3.63, 3.8) is 0 Å². The Balaban J connectivity index is 1.92. The molecule has 2 amide bonds. The van der Waals surface area contributed by atoms with Gasteiger partial charge in [-0.25, -0.2) is 0 Å². The first-order valence-electron chi connectivity index (χ1n) is 6.74. The Morgan fingerprint density at radius 3 is 2.90 bits per heavy atom. The summed E-state index contributed by atoms with van der Waals surface area (Å²) < 4.78 is 5.76. The number of carbonyl (C=O) groups excluding carboxylic acids is 2. The van der Waals surface area contributed by atoms with Gasteiger partial charge in [-0.1, -0.05) is 18.2 Å². The van der Waals surface area contributed by atoms with Crippen molar-refractivity contribution in [2.45, 2.75) is 6.10 Å². The number of anilines is 1. The Morgan fingerprint density at radius 2 is 2.10 bits per heavy atom. The molecule has 1 aromatic carbocycles. The van der Waals surface area contributed by atoms with E-state index in [4.69, 9.17) is 4.74 Å². The van der Waals surface area contributed by atoms with Gasteiger partial charge >= 0.3 is 0 Å². The van der Waals surface area contributed by atoms with Crippen LogP contribution in [0.5, 0.6) is 0 Å². The molecule has 0 aromatic heterocycles. The third-order valence-corrected chi connectivity index (χ3v) is 3.54. The number of benzene rings is 1. The topological polar surface area (TPSA) is 70.7 Å². The van der Waals surface area contributed by atoms with E-state index in [1.807, 2.05) is 24.3 Å². The number of carbonyl (C=O) groups is 2. The first-order valence-corrected chi connectivity index (χ1v) is 6.74. The first kappa shape index (κ1) is 13.1. The fourth-order valence-corrected chi connectivity index (χ4v) is 2.55. The summed E-state index contributed by atoms with van der Waals surface area (Å²) in [4.78, 5) is 25.1. The normalized spacial score (nSPS) is 23.6. The second kappa shape index (κ2) is 5.60. The van der Waals surface area contributed by atoms with Gasteiger partial charge in [0.1, 0.15) is 6.54 Å². The van der Waals surface area contributed by atoms with Gasteiger partial charge in [-0.15, -0.1) is 0 Å². The third-order valence-electron chi connectivity index (χ3n) is 3.54. The zero-order valence-electron chi connectivity index (χ0n) is 11.1. The predicted octanol–water partition coefficient (Wildman–Crippen LogP) is -0.190. The van der Waals surface area contributed by atoms with Crippen LogP contribution in [0.1, 0.15) is 11.7 Å². The van der Waals surface area contributed by atoms with Crippen LogP contribution < -0.4 is 15.5 Å². The van der Waals surface area contributed by atoms with Crippen LogP contribution in [0.3, 0.4) is 0 Å². The summed E-state index contributed by atoms with van der Waals surface area (Å²) in [5.74, 6) is -0.233. The summed E-state index contributed by atoms with van der Waals surface area (Å²) in [7, 11) is 0. The first-order chi connectivity index (χ1) is 9.75. The summed E-state index contributed by atoms with van der Waals surface area (Å²) >= 11 is 0. The maximum atomic E-state index is 12.0. The van der Waals surface area contributed by atoms with Crippen molar-refractivity contribution in [2.24, 2.45) is 0 Å². The molecule has 2 heterocycles. The van der Waals surface area contributed by atoms with Gasteiger partial charge in [0.15, 0.2) is 0 Å².